The van der Waals surface area contributed by atoms with Crippen molar-refractivity contribution in [3.8, 4) is 0 Å². The number of rotatable bonds is 6. The highest BCUT2D eigenvalue weighted by atomic mass is 32.2. The van der Waals surface area contributed by atoms with Gasteiger partial charge in [-0.25, -0.2) is 18.4 Å². The maximum atomic E-state index is 12.3. The van der Waals surface area contributed by atoms with E-state index in [0.29, 0.717) is 11.5 Å². The summed E-state index contributed by atoms with van der Waals surface area (Å²) in [5.41, 5.74) is 10.3. The van der Waals surface area contributed by atoms with Crippen LogP contribution in [0.5, 0.6) is 0 Å². The first-order valence-corrected chi connectivity index (χ1v) is 9.06. The molecule has 134 valence electrons. The molecule has 0 saturated heterocycles. The molecule has 2 heterocycles. The quantitative estimate of drug-likeness (QED) is 0.482. The second-order valence-corrected chi connectivity index (χ2v) is 7.08. The molecule has 0 fully saturated rings. The third kappa shape index (κ3) is 4.05. The molecule has 0 aliphatic heterocycles. The van der Waals surface area contributed by atoms with E-state index in [1.165, 1.54) is 18.5 Å². The number of hydrogen-bond acceptors (Lipinski definition) is 8. The van der Waals surface area contributed by atoms with Gasteiger partial charge in [-0.05, 0) is 31.2 Å². The number of hydrogen-bond donors (Lipinski definition) is 4. The molecule has 0 amide bonds. The molecule has 0 aliphatic carbocycles. The van der Waals surface area contributed by atoms with Crippen molar-refractivity contribution in [3.63, 3.8) is 0 Å². The Morgan fingerprint density at radius 1 is 1.04 bits per heavy atom. The monoisotopic (exact) mass is 371 g/mol. The van der Waals surface area contributed by atoms with E-state index in [2.05, 4.69) is 30.5 Å². The average molecular weight is 371 g/mol. The molecule has 0 atom stereocenters. The third-order valence-electron chi connectivity index (χ3n) is 3.44. The van der Waals surface area contributed by atoms with E-state index in [-0.39, 0.29) is 16.4 Å². The van der Waals surface area contributed by atoms with Crippen LogP contribution in [0.2, 0.25) is 0 Å². The van der Waals surface area contributed by atoms with Gasteiger partial charge in [0.05, 0.1) is 16.8 Å². The van der Waals surface area contributed by atoms with Gasteiger partial charge in [0.15, 0.2) is 11.6 Å². The second-order valence-electron chi connectivity index (χ2n) is 5.39. The Labute approximate surface area is 150 Å². The van der Waals surface area contributed by atoms with Crippen LogP contribution in [-0.2, 0) is 10.0 Å². The second kappa shape index (κ2) is 7.33. The smallest absolute Gasteiger partial charge is 0.257 e. The van der Waals surface area contributed by atoms with Crippen molar-refractivity contribution in [2.24, 2.45) is 0 Å². The predicted molar refractivity (Wildman–Crippen MR) is 99.1 cm³/mol. The van der Waals surface area contributed by atoms with Crippen molar-refractivity contribution in [3.05, 3.63) is 60.7 Å². The molecule has 0 saturated carbocycles. The molecule has 2 aromatic heterocycles. The minimum Gasteiger partial charge on any atom is -0.393 e. The Morgan fingerprint density at radius 2 is 1.77 bits per heavy atom. The molecule has 0 bridgehead atoms. The van der Waals surface area contributed by atoms with Gasteiger partial charge in [0.1, 0.15) is 12.0 Å². The number of nitrogen functional groups attached to an aromatic ring is 1. The van der Waals surface area contributed by atoms with Crippen LogP contribution in [0, 0.1) is 6.92 Å². The standard InChI is InChI=1S/C16H17N7O2S/c1-11-4-6-13(7-5-11)26(24,25)23-22-16-14(17)15(19-10-20-16)21-12-3-2-8-18-9-12/h2-10,23H,17H2,1H3,(H2,19,20,21,22). The minimum absolute atomic E-state index is 0.122. The van der Waals surface area contributed by atoms with Gasteiger partial charge >= 0.3 is 0 Å². The lowest BCUT2D eigenvalue weighted by Crippen LogP contribution is -2.30. The van der Waals surface area contributed by atoms with Crippen molar-refractivity contribution in [2.75, 3.05) is 16.5 Å². The highest BCUT2D eigenvalue weighted by molar-refractivity contribution is 7.89. The normalized spacial score (nSPS) is 11.1. The fourth-order valence-corrected chi connectivity index (χ4v) is 2.90. The lowest BCUT2D eigenvalue weighted by atomic mass is 10.2. The summed E-state index contributed by atoms with van der Waals surface area (Å²) < 4.78 is 24.6. The molecular weight excluding hydrogens is 354 g/mol. The fraction of sp³-hybridized carbons (Fsp3) is 0.0625. The first-order valence-electron chi connectivity index (χ1n) is 7.58. The molecule has 9 nitrogen and oxygen atoms in total. The Balaban J connectivity index is 1.76. The Morgan fingerprint density at radius 3 is 2.46 bits per heavy atom. The number of nitrogens with two attached hydrogens (primary N) is 1. The lowest BCUT2D eigenvalue weighted by molar-refractivity contribution is 0.587. The Hall–Kier alpha value is -3.24. The van der Waals surface area contributed by atoms with E-state index >= 15 is 0 Å². The molecule has 0 aliphatic rings. The zero-order chi connectivity index (χ0) is 18.6. The molecule has 3 aromatic rings. The van der Waals surface area contributed by atoms with E-state index in [0.717, 1.165) is 5.56 Å². The number of hydrazine groups is 1. The van der Waals surface area contributed by atoms with Crippen LogP contribution in [0.1, 0.15) is 5.56 Å². The van der Waals surface area contributed by atoms with E-state index < -0.39 is 10.0 Å². The van der Waals surface area contributed by atoms with Crippen LogP contribution in [0.3, 0.4) is 0 Å². The lowest BCUT2D eigenvalue weighted by Gasteiger charge is -2.13. The van der Waals surface area contributed by atoms with Gasteiger partial charge in [-0.15, -0.1) is 4.83 Å². The number of sulfonamides is 1. The maximum Gasteiger partial charge on any atom is 0.257 e. The molecule has 26 heavy (non-hydrogen) atoms. The van der Waals surface area contributed by atoms with Gasteiger partial charge in [0.25, 0.3) is 10.0 Å². The molecular formula is C16H17N7O2S. The average Bonchev–Trinajstić information content (AvgIpc) is 2.64. The molecule has 3 rings (SSSR count). The molecule has 1 aromatic carbocycles. The SMILES string of the molecule is Cc1ccc(S(=O)(=O)NNc2ncnc(Nc3cccnc3)c2N)cc1. The number of pyridine rings is 1. The predicted octanol–water partition coefficient (Wildman–Crippen LogP) is 1.81. The number of aryl methyl sites for hydroxylation is 1. The van der Waals surface area contributed by atoms with E-state index in [1.807, 2.05) is 6.92 Å². The number of nitrogens with one attached hydrogen (secondary N) is 3. The van der Waals surface area contributed by atoms with Crippen LogP contribution >= 0.6 is 0 Å². The topological polar surface area (TPSA) is 135 Å². The molecule has 10 heteroatoms. The zero-order valence-corrected chi connectivity index (χ0v) is 14.7. The van der Waals surface area contributed by atoms with E-state index in [9.17, 15) is 8.42 Å². The first kappa shape index (κ1) is 17.6. The number of aromatic nitrogens is 3. The number of benzene rings is 1. The van der Waals surface area contributed by atoms with E-state index in [4.69, 9.17) is 5.73 Å². The van der Waals surface area contributed by atoms with Crippen molar-refractivity contribution in [1.29, 1.82) is 0 Å². The highest BCUT2D eigenvalue weighted by Crippen LogP contribution is 2.25. The van der Waals surface area contributed by atoms with Gasteiger partial charge in [-0.1, -0.05) is 17.7 Å². The summed E-state index contributed by atoms with van der Waals surface area (Å²) in [4.78, 5) is 14.4. The van der Waals surface area contributed by atoms with Gasteiger partial charge in [0.2, 0.25) is 0 Å². The first-order chi connectivity index (χ1) is 12.5. The molecule has 0 spiro atoms. The highest BCUT2D eigenvalue weighted by Gasteiger charge is 2.15. The summed E-state index contributed by atoms with van der Waals surface area (Å²) in [5, 5.41) is 2.99. The van der Waals surface area contributed by atoms with Crippen molar-refractivity contribution < 1.29 is 8.42 Å². The van der Waals surface area contributed by atoms with Crippen LogP contribution < -0.4 is 21.3 Å². The number of anilines is 4. The van der Waals surface area contributed by atoms with Gasteiger partial charge < -0.3 is 11.1 Å². The largest absolute Gasteiger partial charge is 0.393 e. The Kier molecular flexibility index (Phi) is 4.96. The Bertz CT molecular complexity index is 993. The van der Waals surface area contributed by atoms with Gasteiger partial charge in [0, 0.05) is 6.20 Å². The fourth-order valence-electron chi connectivity index (χ4n) is 2.06. The van der Waals surface area contributed by atoms with Crippen molar-refractivity contribution >= 4 is 33.0 Å². The van der Waals surface area contributed by atoms with Crippen LogP contribution in [0.25, 0.3) is 0 Å². The van der Waals surface area contributed by atoms with Gasteiger partial charge in [-0.3, -0.25) is 10.4 Å². The summed E-state index contributed by atoms with van der Waals surface area (Å²) >= 11 is 0. The summed E-state index contributed by atoms with van der Waals surface area (Å²) in [6.07, 6.45) is 4.51. The molecule has 0 radical (unpaired) electrons. The molecule has 0 unspecified atom stereocenters. The van der Waals surface area contributed by atoms with Crippen molar-refractivity contribution in [2.45, 2.75) is 11.8 Å². The van der Waals surface area contributed by atoms with E-state index in [1.54, 1.807) is 36.7 Å². The summed E-state index contributed by atoms with van der Waals surface area (Å²) in [6, 6.07) is 10.00. The minimum atomic E-state index is -3.77. The van der Waals surface area contributed by atoms with Crippen LogP contribution in [-0.4, -0.2) is 23.4 Å². The third-order valence-corrected chi connectivity index (χ3v) is 4.71. The van der Waals surface area contributed by atoms with Crippen LogP contribution in [0.4, 0.5) is 23.0 Å². The number of nitrogens with zero attached hydrogens (tertiary/aromatic N) is 3. The summed E-state index contributed by atoms with van der Waals surface area (Å²) in [7, 11) is -3.77. The van der Waals surface area contributed by atoms with Crippen molar-refractivity contribution in [1.82, 2.24) is 19.8 Å². The maximum absolute atomic E-state index is 12.3. The zero-order valence-electron chi connectivity index (χ0n) is 13.8. The molecule has 5 N–H and O–H groups in total. The summed E-state index contributed by atoms with van der Waals surface area (Å²) in [5.74, 6) is 0.451. The van der Waals surface area contributed by atoms with Gasteiger partial charge in [-0.2, -0.15) is 0 Å². The summed E-state index contributed by atoms with van der Waals surface area (Å²) in [6.45, 7) is 1.88. The van der Waals surface area contributed by atoms with Crippen LogP contribution in [0.15, 0.2) is 60.0 Å².